The van der Waals surface area contributed by atoms with Gasteiger partial charge in [0.1, 0.15) is 16.4 Å². The van der Waals surface area contributed by atoms with Crippen molar-refractivity contribution in [1.82, 2.24) is 9.78 Å². The van der Waals surface area contributed by atoms with Gasteiger partial charge in [-0.15, -0.1) is 0 Å². The number of nitrogens with one attached hydrogen (secondary N) is 1. The lowest BCUT2D eigenvalue weighted by molar-refractivity contribution is -0.384. The predicted molar refractivity (Wildman–Crippen MR) is 139 cm³/mol. The molecule has 1 N–H and O–H groups in total. The van der Waals surface area contributed by atoms with E-state index in [1.165, 1.54) is 16.8 Å². The second-order valence-corrected chi connectivity index (χ2v) is 8.72. The minimum Gasteiger partial charge on any atom is -0.444 e. The van der Waals surface area contributed by atoms with E-state index in [4.69, 9.17) is 16.3 Å². The molecule has 0 radical (unpaired) electrons. The number of nitrogens with zero attached hydrogens (tertiary/aromatic N) is 3. The van der Waals surface area contributed by atoms with E-state index in [1.807, 2.05) is 30.3 Å². The Labute approximate surface area is 217 Å². The van der Waals surface area contributed by atoms with Gasteiger partial charge in [-0.1, -0.05) is 78.3 Å². The average Bonchev–Trinajstić information content (AvgIpc) is 3.16. The number of hydrogen-bond donors (Lipinski definition) is 1. The molecule has 3 aromatic carbocycles. The van der Waals surface area contributed by atoms with Gasteiger partial charge in [0.2, 0.25) is 6.10 Å². The zero-order chi connectivity index (χ0) is 26.5. The first kappa shape index (κ1) is 25.6. The molecule has 0 aliphatic carbocycles. The highest BCUT2D eigenvalue weighted by Crippen LogP contribution is 2.29. The number of esters is 1. The Balaban J connectivity index is 1.62. The van der Waals surface area contributed by atoms with Crippen molar-refractivity contribution < 1.29 is 19.2 Å². The molecular formula is C27H23ClN4O5. The molecule has 4 rings (SSSR count). The first-order valence-corrected chi connectivity index (χ1v) is 11.7. The molecule has 1 atom stereocenters. The van der Waals surface area contributed by atoms with E-state index in [0.29, 0.717) is 23.4 Å². The van der Waals surface area contributed by atoms with Gasteiger partial charge in [-0.3, -0.25) is 14.9 Å². The fourth-order valence-corrected chi connectivity index (χ4v) is 4.12. The van der Waals surface area contributed by atoms with Gasteiger partial charge in [0.05, 0.1) is 17.2 Å². The number of aromatic nitrogens is 2. The van der Waals surface area contributed by atoms with Crippen LogP contribution in [0.5, 0.6) is 0 Å². The third-order valence-electron chi connectivity index (χ3n) is 5.62. The number of carbonyl (C=O) groups is 2. The van der Waals surface area contributed by atoms with E-state index in [2.05, 4.69) is 10.4 Å². The summed E-state index contributed by atoms with van der Waals surface area (Å²) in [5, 5.41) is 18.5. The minimum atomic E-state index is -1.40. The van der Waals surface area contributed by atoms with Crippen LogP contribution < -0.4 is 5.32 Å². The summed E-state index contributed by atoms with van der Waals surface area (Å²) < 4.78 is 7.13. The van der Waals surface area contributed by atoms with E-state index in [0.717, 1.165) is 5.56 Å². The van der Waals surface area contributed by atoms with Crippen molar-refractivity contribution in [2.45, 2.75) is 26.5 Å². The van der Waals surface area contributed by atoms with Crippen LogP contribution in [0.4, 0.5) is 11.4 Å². The van der Waals surface area contributed by atoms with E-state index in [1.54, 1.807) is 50.2 Å². The van der Waals surface area contributed by atoms with Gasteiger partial charge in [0, 0.05) is 11.6 Å². The molecule has 0 aliphatic heterocycles. The number of carbonyl (C=O) groups excluding carboxylic acids is 2. The number of aryl methyl sites for hydroxylation is 2. The lowest BCUT2D eigenvalue weighted by Crippen LogP contribution is -2.26. The first-order valence-electron chi connectivity index (χ1n) is 11.3. The molecule has 0 saturated carbocycles. The van der Waals surface area contributed by atoms with Crippen LogP contribution in [-0.4, -0.2) is 26.6 Å². The van der Waals surface area contributed by atoms with Gasteiger partial charge in [0.25, 0.3) is 11.6 Å². The molecule has 1 amide bonds. The maximum absolute atomic E-state index is 13.3. The number of anilines is 1. The molecule has 188 valence electrons. The first-order chi connectivity index (χ1) is 17.7. The quantitative estimate of drug-likeness (QED) is 0.183. The smallest absolute Gasteiger partial charge is 0.344 e. The van der Waals surface area contributed by atoms with E-state index in [-0.39, 0.29) is 22.1 Å². The third-order valence-corrected chi connectivity index (χ3v) is 6.00. The van der Waals surface area contributed by atoms with Crippen LogP contribution in [0.3, 0.4) is 0 Å². The van der Waals surface area contributed by atoms with Crippen LogP contribution in [0.25, 0.3) is 0 Å². The molecule has 4 aromatic rings. The third kappa shape index (κ3) is 5.84. The second-order valence-electron chi connectivity index (χ2n) is 8.36. The molecule has 10 heteroatoms. The highest BCUT2D eigenvalue weighted by atomic mass is 35.5. The number of nitro benzene ring substituents is 1. The topological polar surface area (TPSA) is 116 Å². The molecule has 0 aliphatic rings. The van der Waals surface area contributed by atoms with Crippen molar-refractivity contribution in [2.75, 3.05) is 5.32 Å². The standard InChI is InChI=1S/C27H23ClN4O5/c1-17-13-14-21(22(15-17)32(35)36)29-26(33)24(20-11-7-4-8-12-20)37-27(34)23-18(2)30-31(25(23)28)16-19-9-5-3-6-10-19/h3-15,24H,16H2,1-2H3,(H,29,33)/t24-/m0/s1. The van der Waals surface area contributed by atoms with Gasteiger partial charge in [0.15, 0.2) is 0 Å². The normalized spacial score (nSPS) is 11.5. The van der Waals surface area contributed by atoms with Crippen LogP contribution in [0.15, 0.2) is 78.9 Å². The Morgan fingerprint density at radius 2 is 1.70 bits per heavy atom. The summed E-state index contributed by atoms with van der Waals surface area (Å²) in [5.41, 5.74) is 2.07. The Kier molecular flexibility index (Phi) is 7.64. The fraction of sp³-hybridized carbons (Fsp3) is 0.148. The second kappa shape index (κ2) is 11.0. The van der Waals surface area contributed by atoms with E-state index < -0.39 is 22.9 Å². The Morgan fingerprint density at radius 1 is 1.05 bits per heavy atom. The van der Waals surface area contributed by atoms with E-state index in [9.17, 15) is 19.7 Å². The molecule has 37 heavy (non-hydrogen) atoms. The molecule has 1 aromatic heterocycles. The minimum absolute atomic E-state index is 0.0116. The Bertz CT molecular complexity index is 1450. The Hall–Kier alpha value is -4.50. The van der Waals surface area contributed by atoms with Crippen LogP contribution in [0.1, 0.15) is 38.8 Å². The van der Waals surface area contributed by atoms with Crippen LogP contribution in [-0.2, 0) is 16.1 Å². The van der Waals surface area contributed by atoms with Crippen LogP contribution in [0, 0.1) is 24.0 Å². The van der Waals surface area contributed by atoms with Crippen LogP contribution in [0.2, 0.25) is 5.15 Å². The number of rotatable bonds is 8. The van der Waals surface area contributed by atoms with Crippen molar-refractivity contribution >= 4 is 34.9 Å². The van der Waals surface area contributed by atoms with Crippen LogP contribution >= 0.6 is 11.6 Å². The van der Waals surface area contributed by atoms with Crippen molar-refractivity contribution in [3.63, 3.8) is 0 Å². The number of nitro groups is 1. The molecule has 9 nitrogen and oxygen atoms in total. The van der Waals surface area contributed by atoms with Crippen molar-refractivity contribution in [1.29, 1.82) is 0 Å². The lowest BCUT2D eigenvalue weighted by Gasteiger charge is -2.18. The molecular weight excluding hydrogens is 496 g/mol. The molecule has 0 fully saturated rings. The SMILES string of the molecule is Cc1ccc(NC(=O)[C@@H](OC(=O)c2c(C)nn(Cc3ccccc3)c2Cl)c2ccccc2)c([N+](=O)[O-])c1. The summed E-state index contributed by atoms with van der Waals surface area (Å²) in [6.45, 7) is 3.67. The molecule has 1 heterocycles. The van der Waals surface area contributed by atoms with Gasteiger partial charge in [-0.05, 0) is 31.0 Å². The van der Waals surface area contributed by atoms with Gasteiger partial charge >= 0.3 is 5.97 Å². The monoisotopic (exact) mass is 518 g/mol. The highest BCUT2D eigenvalue weighted by Gasteiger charge is 2.30. The lowest BCUT2D eigenvalue weighted by atomic mass is 10.1. The van der Waals surface area contributed by atoms with Gasteiger partial charge in [-0.2, -0.15) is 5.10 Å². The number of ether oxygens (including phenoxy) is 1. The maximum atomic E-state index is 13.3. The largest absolute Gasteiger partial charge is 0.444 e. The number of halogens is 1. The summed E-state index contributed by atoms with van der Waals surface area (Å²) in [6.07, 6.45) is -1.40. The fourth-order valence-electron chi connectivity index (χ4n) is 3.81. The molecule has 0 saturated heterocycles. The number of benzene rings is 3. The zero-order valence-corrected chi connectivity index (χ0v) is 20.8. The average molecular weight is 519 g/mol. The van der Waals surface area contributed by atoms with Crippen molar-refractivity contribution in [3.05, 3.63) is 122 Å². The van der Waals surface area contributed by atoms with Crippen molar-refractivity contribution in [2.24, 2.45) is 0 Å². The van der Waals surface area contributed by atoms with Gasteiger partial charge in [-0.25, -0.2) is 9.48 Å². The summed E-state index contributed by atoms with van der Waals surface area (Å²) in [6, 6.07) is 22.3. The molecule has 0 bridgehead atoms. The predicted octanol–water partition coefficient (Wildman–Crippen LogP) is 5.65. The summed E-state index contributed by atoms with van der Waals surface area (Å²) in [4.78, 5) is 37.5. The highest BCUT2D eigenvalue weighted by molar-refractivity contribution is 6.32. The molecule has 0 spiro atoms. The van der Waals surface area contributed by atoms with Crippen molar-refractivity contribution in [3.8, 4) is 0 Å². The van der Waals surface area contributed by atoms with E-state index >= 15 is 0 Å². The van der Waals surface area contributed by atoms with Gasteiger partial charge < -0.3 is 10.1 Å². The summed E-state index contributed by atoms with van der Waals surface area (Å²) in [7, 11) is 0. The summed E-state index contributed by atoms with van der Waals surface area (Å²) in [5.74, 6) is -1.60. The number of hydrogen-bond acceptors (Lipinski definition) is 6. The zero-order valence-electron chi connectivity index (χ0n) is 20.1. The maximum Gasteiger partial charge on any atom is 0.344 e. The Morgan fingerprint density at radius 3 is 2.35 bits per heavy atom. The summed E-state index contributed by atoms with van der Waals surface area (Å²) >= 11 is 6.51. The molecule has 0 unspecified atom stereocenters. The number of amides is 1.